The molecular formula is C25H23F4NO. The maximum atomic E-state index is 13.8. The third kappa shape index (κ3) is 4.63. The fourth-order valence-corrected chi connectivity index (χ4v) is 3.29. The van der Waals surface area contributed by atoms with Crippen molar-refractivity contribution in [3.8, 4) is 5.75 Å². The minimum Gasteiger partial charge on any atom is -0.507 e. The van der Waals surface area contributed by atoms with Crippen molar-refractivity contribution in [3.63, 3.8) is 0 Å². The second-order valence-corrected chi connectivity index (χ2v) is 8.45. The van der Waals surface area contributed by atoms with Crippen LogP contribution in [0.3, 0.4) is 0 Å². The summed E-state index contributed by atoms with van der Waals surface area (Å²) in [6.07, 6.45) is 0.981. The van der Waals surface area contributed by atoms with Crippen LogP contribution in [0.2, 0.25) is 0 Å². The summed E-state index contributed by atoms with van der Waals surface area (Å²) >= 11 is 0. The summed E-state index contributed by atoms with van der Waals surface area (Å²) in [6.45, 7) is 8.28. The fourth-order valence-electron chi connectivity index (χ4n) is 3.29. The fraction of sp³-hybridized carbons (Fsp3) is 0.240. The summed E-state index contributed by atoms with van der Waals surface area (Å²) in [5.41, 5.74) is 1.83. The van der Waals surface area contributed by atoms with E-state index >= 15 is 0 Å². The molecule has 0 heterocycles. The van der Waals surface area contributed by atoms with Crippen LogP contribution in [0, 0.1) is 23.3 Å². The Morgan fingerprint density at radius 1 is 0.903 bits per heavy atom. The Morgan fingerprint density at radius 3 is 2.03 bits per heavy atom. The maximum Gasteiger partial charge on any atom is 0.187 e. The van der Waals surface area contributed by atoms with Crippen LogP contribution in [-0.2, 0) is 5.41 Å². The van der Waals surface area contributed by atoms with E-state index in [4.69, 9.17) is 0 Å². The van der Waals surface area contributed by atoms with Gasteiger partial charge in [-0.15, -0.1) is 0 Å². The van der Waals surface area contributed by atoms with Gasteiger partial charge in [0.25, 0.3) is 0 Å². The average molecular weight is 429 g/mol. The number of nitrogens with zero attached hydrogens (tertiary/aromatic N) is 1. The van der Waals surface area contributed by atoms with E-state index in [2.05, 4.69) is 25.8 Å². The molecule has 2 nitrogen and oxygen atoms in total. The Morgan fingerprint density at radius 2 is 1.48 bits per heavy atom. The van der Waals surface area contributed by atoms with Crippen LogP contribution in [-0.4, -0.2) is 11.3 Å². The SMILES string of the molecule is CC(c1ccc(C(C)(C)C)cc1)c1cccc(C=Nc2c(F)c(F)cc(F)c2F)c1O. The maximum absolute atomic E-state index is 13.8. The molecule has 0 bridgehead atoms. The van der Waals surface area contributed by atoms with E-state index in [1.54, 1.807) is 12.1 Å². The highest BCUT2D eigenvalue weighted by atomic mass is 19.2. The minimum atomic E-state index is -1.60. The molecule has 1 unspecified atom stereocenters. The first kappa shape index (κ1) is 22.5. The summed E-state index contributed by atoms with van der Waals surface area (Å²) in [6, 6.07) is 13.1. The number of halogens is 4. The van der Waals surface area contributed by atoms with Gasteiger partial charge in [0.1, 0.15) is 11.4 Å². The molecule has 0 amide bonds. The number of benzene rings is 3. The molecule has 0 fully saturated rings. The van der Waals surface area contributed by atoms with Gasteiger partial charge in [0, 0.05) is 29.3 Å². The van der Waals surface area contributed by atoms with Crippen LogP contribution in [0.5, 0.6) is 5.75 Å². The highest BCUT2D eigenvalue weighted by Gasteiger charge is 2.20. The molecule has 0 aliphatic heterocycles. The first-order chi connectivity index (χ1) is 14.5. The molecule has 0 saturated heterocycles. The van der Waals surface area contributed by atoms with Crippen molar-refractivity contribution in [2.45, 2.75) is 39.0 Å². The normalized spacial score (nSPS) is 13.0. The van der Waals surface area contributed by atoms with Gasteiger partial charge < -0.3 is 5.11 Å². The van der Waals surface area contributed by atoms with E-state index in [0.29, 0.717) is 5.56 Å². The molecule has 3 aromatic carbocycles. The Kier molecular flexibility index (Phi) is 6.20. The van der Waals surface area contributed by atoms with E-state index in [-0.39, 0.29) is 28.7 Å². The van der Waals surface area contributed by atoms with Gasteiger partial charge in [-0.2, -0.15) is 0 Å². The molecule has 6 heteroatoms. The molecule has 0 aliphatic carbocycles. The lowest BCUT2D eigenvalue weighted by atomic mass is 9.84. The van der Waals surface area contributed by atoms with Crippen LogP contribution < -0.4 is 0 Å². The van der Waals surface area contributed by atoms with Gasteiger partial charge in [-0.3, -0.25) is 0 Å². The largest absolute Gasteiger partial charge is 0.507 e. The third-order valence-corrected chi connectivity index (χ3v) is 5.26. The van der Waals surface area contributed by atoms with Gasteiger partial charge >= 0.3 is 0 Å². The number of phenols is 1. The first-order valence-corrected chi connectivity index (χ1v) is 9.80. The average Bonchev–Trinajstić information content (AvgIpc) is 2.72. The highest BCUT2D eigenvalue weighted by molar-refractivity contribution is 5.86. The van der Waals surface area contributed by atoms with Gasteiger partial charge in [0.2, 0.25) is 0 Å². The number of hydrogen-bond acceptors (Lipinski definition) is 2. The molecule has 0 saturated carbocycles. The van der Waals surface area contributed by atoms with E-state index in [0.717, 1.165) is 11.8 Å². The second-order valence-electron chi connectivity index (χ2n) is 8.45. The number of hydrogen-bond donors (Lipinski definition) is 1. The smallest absolute Gasteiger partial charge is 0.187 e. The monoisotopic (exact) mass is 429 g/mol. The molecule has 0 aliphatic rings. The molecule has 0 spiro atoms. The van der Waals surface area contributed by atoms with E-state index in [1.807, 2.05) is 31.2 Å². The van der Waals surface area contributed by atoms with E-state index in [1.165, 1.54) is 11.6 Å². The minimum absolute atomic E-state index is 0.0151. The van der Waals surface area contributed by atoms with Gasteiger partial charge in [-0.25, -0.2) is 22.6 Å². The predicted molar refractivity (Wildman–Crippen MR) is 114 cm³/mol. The number of phenolic OH excluding ortho intramolecular Hbond substituents is 1. The summed E-state index contributed by atoms with van der Waals surface area (Å²) in [5, 5.41) is 10.7. The zero-order valence-electron chi connectivity index (χ0n) is 17.7. The molecule has 0 aromatic heterocycles. The van der Waals surface area contributed by atoms with Crippen LogP contribution in [0.25, 0.3) is 0 Å². The Labute approximate surface area is 178 Å². The summed E-state index contributed by atoms with van der Waals surface area (Å²) in [4.78, 5) is 3.55. The Balaban J connectivity index is 1.95. The van der Waals surface area contributed by atoms with Gasteiger partial charge in [0.05, 0.1) is 0 Å². The van der Waals surface area contributed by atoms with Crippen LogP contribution in [0.1, 0.15) is 55.9 Å². The van der Waals surface area contributed by atoms with Crippen molar-refractivity contribution >= 4 is 11.9 Å². The molecule has 3 rings (SSSR count). The van der Waals surface area contributed by atoms with Crippen LogP contribution in [0.4, 0.5) is 23.2 Å². The summed E-state index contributed by atoms with van der Waals surface area (Å²) in [7, 11) is 0. The summed E-state index contributed by atoms with van der Waals surface area (Å²) in [5.74, 6) is -6.59. The van der Waals surface area contributed by atoms with E-state index < -0.39 is 29.0 Å². The third-order valence-electron chi connectivity index (χ3n) is 5.26. The lowest BCUT2D eigenvalue weighted by Gasteiger charge is -2.21. The highest BCUT2D eigenvalue weighted by Crippen LogP contribution is 2.34. The molecule has 0 radical (unpaired) electrons. The topological polar surface area (TPSA) is 32.6 Å². The molecular weight excluding hydrogens is 406 g/mol. The summed E-state index contributed by atoms with van der Waals surface area (Å²) < 4.78 is 54.4. The molecule has 1 N–H and O–H groups in total. The lowest BCUT2D eigenvalue weighted by molar-refractivity contribution is 0.457. The molecule has 31 heavy (non-hydrogen) atoms. The first-order valence-electron chi connectivity index (χ1n) is 9.80. The molecule has 3 aromatic rings. The van der Waals surface area contributed by atoms with Crippen molar-refractivity contribution in [2.75, 3.05) is 0 Å². The Hall–Kier alpha value is -3.15. The zero-order valence-corrected chi connectivity index (χ0v) is 17.7. The van der Waals surface area contributed by atoms with Gasteiger partial charge in [0.15, 0.2) is 23.3 Å². The molecule has 1 atom stereocenters. The van der Waals surface area contributed by atoms with Crippen LogP contribution in [0.15, 0.2) is 53.5 Å². The number of aromatic hydroxyl groups is 1. The van der Waals surface area contributed by atoms with Crippen LogP contribution >= 0.6 is 0 Å². The van der Waals surface area contributed by atoms with Gasteiger partial charge in [-0.1, -0.05) is 64.1 Å². The van der Waals surface area contributed by atoms with Crippen molar-refractivity contribution in [1.29, 1.82) is 0 Å². The Bertz CT molecular complexity index is 1110. The standard InChI is InChI=1S/C25H23F4NO/c1-14(15-8-10-17(11-9-15)25(2,3)4)18-7-5-6-16(24(18)31)13-30-23-21(28)19(26)12-20(27)22(23)29/h5-14,31H,1-4H3. The lowest BCUT2D eigenvalue weighted by Crippen LogP contribution is -2.11. The quantitative estimate of drug-likeness (QED) is 0.267. The zero-order chi connectivity index (χ0) is 22.9. The van der Waals surface area contributed by atoms with Crippen molar-refractivity contribution in [1.82, 2.24) is 0 Å². The van der Waals surface area contributed by atoms with Crippen molar-refractivity contribution < 1.29 is 22.7 Å². The number of para-hydroxylation sites is 1. The number of rotatable bonds is 4. The van der Waals surface area contributed by atoms with Crippen molar-refractivity contribution in [2.24, 2.45) is 4.99 Å². The van der Waals surface area contributed by atoms with Crippen molar-refractivity contribution in [3.05, 3.63) is 94.1 Å². The molecule has 162 valence electrons. The van der Waals surface area contributed by atoms with E-state index in [9.17, 15) is 22.7 Å². The second kappa shape index (κ2) is 8.53. The van der Waals surface area contributed by atoms with Gasteiger partial charge in [-0.05, 0) is 22.6 Å². The predicted octanol–water partition coefficient (Wildman–Crippen LogP) is 7.15. The number of aliphatic imine (C=N–C) groups is 1.